The van der Waals surface area contributed by atoms with E-state index in [4.69, 9.17) is 11.6 Å². The topological polar surface area (TPSA) is 46.9 Å². The van der Waals surface area contributed by atoms with E-state index < -0.39 is 0 Å². The van der Waals surface area contributed by atoms with Crippen LogP contribution >= 0.6 is 11.6 Å². The molecule has 4 nitrogen and oxygen atoms in total. The SMILES string of the molecule is CCc1nn(C)cc1C(=O)NC1(CCl)CCCC(C)C1. The summed E-state index contributed by atoms with van der Waals surface area (Å²) in [5, 5.41) is 7.52. The fraction of sp³-hybridized carbons (Fsp3) is 0.733. The summed E-state index contributed by atoms with van der Waals surface area (Å²) >= 11 is 6.18. The van der Waals surface area contributed by atoms with Crippen molar-refractivity contribution in [2.24, 2.45) is 13.0 Å². The largest absolute Gasteiger partial charge is 0.345 e. The molecule has 0 bridgehead atoms. The highest BCUT2D eigenvalue weighted by atomic mass is 35.5. The van der Waals surface area contributed by atoms with Gasteiger partial charge in [-0.15, -0.1) is 11.6 Å². The standard InChI is InChI=1S/C15H24ClN3O/c1-4-13-12(9-19(3)18-13)14(20)17-15(10-16)7-5-6-11(2)8-15/h9,11H,4-8,10H2,1-3H3,(H,17,20). The Morgan fingerprint density at radius 1 is 1.65 bits per heavy atom. The lowest BCUT2D eigenvalue weighted by atomic mass is 9.77. The fourth-order valence-electron chi connectivity index (χ4n) is 3.22. The van der Waals surface area contributed by atoms with Crippen molar-refractivity contribution in [3.63, 3.8) is 0 Å². The molecule has 2 atom stereocenters. The van der Waals surface area contributed by atoms with Gasteiger partial charge in [-0.25, -0.2) is 0 Å². The zero-order chi connectivity index (χ0) is 14.8. The molecule has 1 aliphatic rings. The van der Waals surface area contributed by atoms with Gasteiger partial charge in [0.15, 0.2) is 0 Å². The van der Waals surface area contributed by atoms with Crippen LogP contribution in [0.1, 0.15) is 55.6 Å². The van der Waals surface area contributed by atoms with Crippen LogP contribution in [0.2, 0.25) is 0 Å². The number of amides is 1. The lowest BCUT2D eigenvalue weighted by Gasteiger charge is -2.39. The quantitative estimate of drug-likeness (QED) is 0.869. The maximum Gasteiger partial charge on any atom is 0.255 e. The van der Waals surface area contributed by atoms with Gasteiger partial charge in [0.2, 0.25) is 0 Å². The Bertz CT molecular complexity index is 485. The number of hydrogen-bond donors (Lipinski definition) is 1. The zero-order valence-electron chi connectivity index (χ0n) is 12.6. The van der Waals surface area contributed by atoms with Crippen LogP contribution in [0.15, 0.2) is 6.20 Å². The van der Waals surface area contributed by atoms with Gasteiger partial charge in [0.05, 0.1) is 16.8 Å². The summed E-state index contributed by atoms with van der Waals surface area (Å²) < 4.78 is 1.70. The lowest BCUT2D eigenvalue weighted by molar-refractivity contribution is 0.0866. The molecule has 0 spiro atoms. The second kappa shape index (κ2) is 6.17. The molecule has 0 radical (unpaired) electrons. The van der Waals surface area contributed by atoms with E-state index in [1.165, 1.54) is 6.42 Å². The summed E-state index contributed by atoms with van der Waals surface area (Å²) in [6.45, 7) is 4.24. The van der Waals surface area contributed by atoms with Gasteiger partial charge in [-0.05, 0) is 25.2 Å². The predicted octanol–water partition coefficient (Wildman–Crippen LogP) is 2.90. The van der Waals surface area contributed by atoms with Crippen molar-refractivity contribution in [1.82, 2.24) is 15.1 Å². The fourth-order valence-corrected chi connectivity index (χ4v) is 3.53. The van der Waals surface area contributed by atoms with Crippen LogP contribution in [0.3, 0.4) is 0 Å². The molecular formula is C15H24ClN3O. The Balaban J connectivity index is 2.16. The van der Waals surface area contributed by atoms with E-state index >= 15 is 0 Å². The van der Waals surface area contributed by atoms with Crippen molar-refractivity contribution in [3.05, 3.63) is 17.5 Å². The van der Waals surface area contributed by atoms with Crippen molar-refractivity contribution >= 4 is 17.5 Å². The van der Waals surface area contributed by atoms with Crippen molar-refractivity contribution in [2.45, 2.75) is 51.5 Å². The molecule has 1 saturated carbocycles. The van der Waals surface area contributed by atoms with E-state index in [1.54, 1.807) is 10.9 Å². The highest BCUT2D eigenvalue weighted by molar-refractivity contribution is 6.19. The minimum absolute atomic E-state index is 0.0373. The van der Waals surface area contributed by atoms with Crippen LogP contribution in [-0.2, 0) is 13.5 Å². The van der Waals surface area contributed by atoms with E-state index in [9.17, 15) is 4.79 Å². The summed E-state index contributed by atoms with van der Waals surface area (Å²) in [6.07, 6.45) is 6.83. The van der Waals surface area contributed by atoms with Gasteiger partial charge in [-0.1, -0.05) is 26.7 Å². The third-order valence-corrected chi connectivity index (χ3v) is 4.72. The summed E-state index contributed by atoms with van der Waals surface area (Å²) in [6, 6.07) is 0. The highest BCUT2D eigenvalue weighted by Crippen LogP contribution is 2.33. The number of carbonyl (C=O) groups is 1. The second-order valence-corrected chi connectivity index (χ2v) is 6.35. The van der Waals surface area contributed by atoms with Crippen LogP contribution in [-0.4, -0.2) is 27.1 Å². The maximum absolute atomic E-state index is 12.6. The van der Waals surface area contributed by atoms with Gasteiger partial charge in [0.25, 0.3) is 5.91 Å². The third kappa shape index (κ3) is 3.17. The Morgan fingerprint density at radius 3 is 3.00 bits per heavy atom. The molecule has 5 heteroatoms. The average molecular weight is 298 g/mol. The van der Waals surface area contributed by atoms with Crippen LogP contribution in [0.25, 0.3) is 0 Å². The first-order valence-corrected chi connectivity index (χ1v) is 7.94. The number of carbonyl (C=O) groups excluding carboxylic acids is 1. The third-order valence-electron chi connectivity index (χ3n) is 4.21. The van der Waals surface area contributed by atoms with Gasteiger partial charge in [-0.3, -0.25) is 9.48 Å². The number of nitrogens with one attached hydrogen (secondary N) is 1. The van der Waals surface area contributed by atoms with Crippen molar-refractivity contribution in [2.75, 3.05) is 5.88 Å². The molecule has 0 saturated heterocycles. The molecular weight excluding hydrogens is 274 g/mol. The summed E-state index contributed by atoms with van der Waals surface area (Å²) in [5.74, 6) is 1.05. The molecule has 112 valence electrons. The Kier molecular flexibility index (Phi) is 4.74. The van der Waals surface area contributed by atoms with Crippen LogP contribution in [0.5, 0.6) is 0 Å². The number of nitrogens with zero attached hydrogens (tertiary/aromatic N) is 2. The average Bonchev–Trinajstić information content (AvgIpc) is 2.80. The molecule has 1 aromatic rings. The second-order valence-electron chi connectivity index (χ2n) is 6.09. The van der Waals surface area contributed by atoms with Gasteiger partial charge >= 0.3 is 0 Å². The van der Waals surface area contributed by atoms with E-state index in [0.717, 1.165) is 31.4 Å². The Labute approximate surface area is 125 Å². The minimum atomic E-state index is -0.253. The molecule has 1 heterocycles. The lowest BCUT2D eigenvalue weighted by Crippen LogP contribution is -2.52. The van der Waals surface area contributed by atoms with E-state index in [0.29, 0.717) is 17.4 Å². The van der Waals surface area contributed by atoms with E-state index in [1.807, 2.05) is 14.0 Å². The molecule has 2 rings (SSSR count). The molecule has 1 fully saturated rings. The van der Waals surface area contributed by atoms with Gasteiger partial charge < -0.3 is 5.32 Å². The Morgan fingerprint density at radius 2 is 2.40 bits per heavy atom. The van der Waals surface area contributed by atoms with Crippen LogP contribution in [0, 0.1) is 5.92 Å². The molecule has 1 aliphatic carbocycles. The first kappa shape index (κ1) is 15.4. The van der Waals surface area contributed by atoms with Crippen LogP contribution in [0.4, 0.5) is 0 Å². The number of hydrogen-bond acceptors (Lipinski definition) is 2. The first-order valence-electron chi connectivity index (χ1n) is 7.40. The van der Waals surface area contributed by atoms with Crippen molar-refractivity contribution in [3.8, 4) is 0 Å². The van der Waals surface area contributed by atoms with E-state index in [-0.39, 0.29) is 11.4 Å². The smallest absolute Gasteiger partial charge is 0.255 e. The predicted molar refractivity (Wildman–Crippen MR) is 81.1 cm³/mol. The summed E-state index contributed by atoms with van der Waals surface area (Å²) in [5.41, 5.74) is 1.27. The van der Waals surface area contributed by atoms with Crippen molar-refractivity contribution < 1.29 is 4.79 Å². The van der Waals surface area contributed by atoms with E-state index in [2.05, 4.69) is 17.3 Å². The number of alkyl halides is 1. The molecule has 1 aromatic heterocycles. The number of rotatable bonds is 4. The van der Waals surface area contributed by atoms with Gasteiger partial charge in [0.1, 0.15) is 0 Å². The Hall–Kier alpha value is -1.03. The molecule has 0 aliphatic heterocycles. The van der Waals surface area contributed by atoms with Gasteiger partial charge in [-0.2, -0.15) is 5.10 Å². The molecule has 20 heavy (non-hydrogen) atoms. The monoisotopic (exact) mass is 297 g/mol. The molecule has 1 N–H and O–H groups in total. The summed E-state index contributed by atoms with van der Waals surface area (Å²) in [7, 11) is 1.84. The minimum Gasteiger partial charge on any atom is -0.345 e. The summed E-state index contributed by atoms with van der Waals surface area (Å²) in [4.78, 5) is 12.6. The first-order chi connectivity index (χ1) is 9.49. The molecule has 2 unspecified atom stereocenters. The van der Waals surface area contributed by atoms with Crippen molar-refractivity contribution in [1.29, 1.82) is 0 Å². The zero-order valence-corrected chi connectivity index (χ0v) is 13.3. The normalized spacial score (nSPS) is 26.5. The number of halogens is 1. The number of aromatic nitrogens is 2. The molecule has 1 amide bonds. The van der Waals surface area contributed by atoms with Crippen LogP contribution < -0.4 is 5.32 Å². The number of aryl methyl sites for hydroxylation is 2. The van der Waals surface area contributed by atoms with Gasteiger partial charge in [0, 0.05) is 19.1 Å². The highest BCUT2D eigenvalue weighted by Gasteiger charge is 2.36. The molecule has 0 aromatic carbocycles. The maximum atomic E-state index is 12.6.